The number of esters is 1. The van der Waals surface area contributed by atoms with Gasteiger partial charge in [-0.3, -0.25) is 14.5 Å². The molecule has 0 N–H and O–H groups in total. The largest absolute Gasteiger partial charge is 0.455 e. The van der Waals surface area contributed by atoms with E-state index in [1.807, 2.05) is 39.2 Å². The summed E-state index contributed by atoms with van der Waals surface area (Å²) in [4.78, 5) is 21.1. The number of hydrogen-bond acceptors (Lipinski definition) is 6. The zero-order chi connectivity index (χ0) is 20.2. The molecule has 1 aliphatic heterocycles. The minimum absolute atomic E-state index is 0.197. The quantitative estimate of drug-likeness (QED) is 0.501. The predicted octanol–water partition coefficient (Wildman–Crippen LogP) is 2.45. The number of rotatable bonds is 3. The highest BCUT2D eigenvalue weighted by Gasteiger charge is 2.33. The Balaban J connectivity index is 1.50. The number of carbonyl (C=O) groups is 1. The van der Waals surface area contributed by atoms with Crippen LogP contribution in [0.15, 0.2) is 43.0 Å². The maximum Gasteiger partial charge on any atom is 0.311 e. The van der Waals surface area contributed by atoms with Gasteiger partial charge in [-0.1, -0.05) is 18.2 Å². The fraction of sp³-hybridized carbons (Fsp3) is 0.286. The molecule has 0 saturated heterocycles. The van der Waals surface area contributed by atoms with Crippen molar-refractivity contribution in [3.8, 4) is 11.3 Å². The summed E-state index contributed by atoms with van der Waals surface area (Å²) >= 11 is 0. The Morgan fingerprint density at radius 3 is 2.93 bits per heavy atom. The summed E-state index contributed by atoms with van der Waals surface area (Å²) < 4.78 is 8.95. The second-order valence-corrected chi connectivity index (χ2v) is 7.80. The van der Waals surface area contributed by atoms with E-state index in [9.17, 15) is 4.79 Å². The summed E-state index contributed by atoms with van der Waals surface area (Å²) in [5, 5.41) is 8.82. The van der Waals surface area contributed by atoms with E-state index in [0.717, 1.165) is 27.9 Å². The Hall–Kier alpha value is -3.55. The van der Waals surface area contributed by atoms with Gasteiger partial charge in [0.1, 0.15) is 11.3 Å². The molecule has 0 bridgehead atoms. The van der Waals surface area contributed by atoms with E-state index in [1.54, 1.807) is 27.8 Å². The summed E-state index contributed by atoms with van der Waals surface area (Å²) in [6.07, 6.45) is 8.02. The van der Waals surface area contributed by atoms with Gasteiger partial charge in [0.05, 0.1) is 12.6 Å². The lowest BCUT2D eigenvalue weighted by molar-refractivity contribution is -0.158. The van der Waals surface area contributed by atoms with Crippen LogP contribution in [-0.2, 0) is 35.0 Å². The van der Waals surface area contributed by atoms with Crippen LogP contribution < -0.4 is 0 Å². The lowest BCUT2D eigenvalue weighted by atomic mass is 9.87. The number of hydrogen-bond donors (Lipinski definition) is 0. The SMILES string of the molecule is Cn1cc(-c2nccn3nc(Cc4ccc5c(c4)CC(=O)OC5(C)C)nc23)cn1. The lowest BCUT2D eigenvalue weighted by Crippen LogP contribution is -2.33. The van der Waals surface area contributed by atoms with Crippen molar-refractivity contribution in [3.63, 3.8) is 0 Å². The van der Waals surface area contributed by atoms with E-state index < -0.39 is 5.60 Å². The Morgan fingerprint density at radius 2 is 2.14 bits per heavy atom. The first kappa shape index (κ1) is 17.5. The third kappa shape index (κ3) is 3.06. The lowest BCUT2D eigenvalue weighted by Gasteiger charge is -2.32. The average molecular weight is 388 g/mol. The second kappa shape index (κ2) is 6.23. The molecule has 1 aromatic carbocycles. The number of nitrogens with zero attached hydrogens (tertiary/aromatic N) is 6. The van der Waals surface area contributed by atoms with E-state index in [-0.39, 0.29) is 5.97 Å². The van der Waals surface area contributed by atoms with Crippen molar-refractivity contribution >= 4 is 11.6 Å². The molecule has 8 heteroatoms. The zero-order valence-corrected chi connectivity index (χ0v) is 16.5. The number of aryl methyl sites for hydroxylation is 1. The van der Waals surface area contributed by atoms with Gasteiger partial charge < -0.3 is 4.74 Å². The van der Waals surface area contributed by atoms with E-state index in [0.29, 0.717) is 24.3 Å². The molecule has 4 heterocycles. The van der Waals surface area contributed by atoms with Crippen LogP contribution in [0.2, 0.25) is 0 Å². The Morgan fingerprint density at radius 1 is 1.28 bits per heavy atom. The van der Waals surface area contributed by atoms with Gasteiger partial charge in [-0.05, 0) is 30.5 Å². The van der Waals surface area contributed by atoms with Gasteiger partial charge >= 0.3 is 5.97 Å². The third-order valence-electron chi connectivity index (χ3n) is 5.16. The first-order valence-corrected chi connectivity index (χ1v) is 9.42. The summed E-state index contributed by atoms with van der Waals surface area (Å²) in [5.41, 5.74) is 4.84. The molecule has 0 amide bonds. The molecule has 0 spiro atoms. The van der Waals surface area contributed by atoms with Crippen molar-refractivity contribution in [1.82, 2.24) is 29.4 Å². The molecule has 5 rings (SSSR count). The van der Waals surface area contributed by atoms with Crippen LogP contribution in [0, 0.1) is 0 Å². The maximum absolute atomic E-state index is 11.9. The minimum Gasteiger partial charge on any atom is -0.455 e. The zero-order valence-electron chi connectivity index (χ0n) is 16.5. The van der Waals surface area contributed by atoms with Crippen LogP contribution in [0.5, 0.6) is 0 Å². The molecule has 0 atom stereocenters. The number of cyclic esters (lactones) is 1. The van der Waals surface area contributed by atoms with Crippen LogP contribution in [0.25, 0.3) is 16.9 Å². The molecule has 0 saturated carbocycles. The summed E-state index contributed by atoms with van der Waals surface area (Å²) in [5.74, 6) is 0.499. The van der Waals surface area contributed by atoms with Gasteiger partial charge in [-0.2, -0.15) is 10.2 Å². The highest BCUT2D eigenvalue weighted by atomic mass is 16.6. The molecular weight excluding hydrogens is 368 g/mol. The molecule has 146 valence electrons. The molecule has 3 aromatic heterocycles. The normalized spacial score (nSPS) is 15.3. The van der Waals surface area contributed by atoms with Crippen molar-refractivity contribution in [1.29, 1.82) is 0 Å². The van der Waals surface area contributed by atoms with Gasteiger partial charge in [-0.25, -0.2) is 9.50 Å². The summed E-state index contributed by atoms with van der Waals surface area (Å²) in [7, 11) is 1.87. The van der Waals surface area contributed by atoms with Crippen LogP contribution in [-0.4, -0.2) is 35.3 Å². The standard InChI is InChI=1S/C21H20N6O2/c1-21(2)16-5-4-13(8-14(16)10-18(28)29-21)9-17-24-20-19(15-11-23-26(3)12-15)22-6-7-27(20)25-17/h4-8,11-12H,9-10H2,1-3H3. The topological polar surface area (TPSA) is 87.2 Å². The molecular formula is C21H20N6O2. The number of ether oxygens (including phenoxy) is 1. The maximum atomic E-state index is 11.9. The minimum atomic E-state index is -0.602. The predicted molar refractivity (Wildman–Crippen MR) is 105 cm³/mol. The van der Waals surface area contributed by atoms with E-state index in [4.69, 9.17) is 9.72 Å². The fourth-order valence-electron chi connectivity index (χ4n) is 3.89. The van der Waals surface area contributed by atoms with E-state index >= 15 is 0 Å². The summed E-state index contributed by atoms with van der Waals surface area (Å²) in [6.45, 7) is 3.83. The van der Waals surface area contributed by atoms with Gasteiger partial charge in [-0.15, -0.1) is 0 Å². The Kier molecular flexibility index (Phi) is 3.77. The molecule has 4 aromatic rings. The van der Waals surface area contributed by atoms with Gasteiger partial charge in [0, 0.05) is 37.6 Å². The first-order valence-electron chi connectivity index (χ1n) is 9.42. The smallest absolute Gasteiger partial charge is 0.311 e. The Bertz CT molecular complexity index is 1250. The summed E-state index contributed by atoms with van der Waals surface area (Å²) in [6, 6.07) is 6.14. The van der Waals surface area contributed by atoms with Crippen molar-refractivity contribution < 1.29 is 9.53 Å². The average Bonchev–Trinajstić information content (AvgIpc) is 3.25. The molecule has 1 aliphatic rings. The fourth-order valence-corrected chi connectivity index (χ4v) is 3.89. The number of aromatic nitrogens is 6. The van der Waals surface area contributed by atoms with Crippen LogP contribution in [0.3, 0.4) is 0 Å². The highest BCUT2D eigenvalue weighted by Crippen LogP contribution is 2.33. The van der Waals surface area contributed by atoms with Crippen LogP contribution in [0.1, 0.15) is 36.4 Å². The molecule has 8 nitrogen and oxygen atoms in total. The first-order chi connectivity index (χ1) is 13.9. The molecule has 0 fully saturated rings. The van der Waals surface area contributed by atoms with Crippen molar-refractivity contribution in [2.75, 3.05) is 0 Å². The molecule has 29 heavy (non-hydrogen) atoms. The van der Waals surface area contributed by atoms with Gasteiger partial charge in [0.15, 0.2) is 11.5 Å². The van der Waals surface area contributed by atoms with Crippen LogP contribution >= 0.6 is 0 Å². The van der Waals surface area contributed by atoms with Gasteiger partial charge in [0.25, 0.3) is 0 Å². The molecule has 0 aliphatic carbocycles. The van der Waals surface area contributed by atoms with Crippen molar-refractivity contribution in [2.45, 2.75) is 32.3 Å². The highest BCUT2D eigenvalue weighted by molar-refractivity contribution is 5.76. The number of carbonyl (C=O) groups excluding carboxylic acids is 1. The second-order valence-electron chi connectivity index (χ2n) is 7.80. The molecule has 0 radical (unpaired) electrons. The van der Waals surface area contributed by atoms with Crippen molar-refractivity contribution in [2.24, 2.45) is 7.05 Å². The van der Waals surface area contributed by atoms with Crippen LogP contribution in [0.4, 0.5) is 0 Å². The third-order valence-corrected chi connectivity index (χ3v) is 5.16. The monoisotopic (exact) mass is 388 g/mol. The van der Waals surface area contributed by atoms with Crippen molar-refractivity contribution in [3.05, 3.63) is 65.5 Å². The van der Waals surface area contributed by atoms with E-state index in [2.05, 4.69) is 21.2 Å². The van der Waals surface area contributed by atoms with E-state index in [1.165, 1.54) is 0 Å². The Labute approximate surface area is 167 Å². The molecule has 0 unspecified atom stereocenters. The van der Waals surface area contributed by atoms with Gasteiger partial charge in [0.2, 0.25) is 0 Å². The number of fused-ring (bicyclic) bond motifs is 2. The number of benzene rings is 1.